The standard InChI is InChI=1S/C41H47N3OS/c1-29(27-42)38-36(28-43)37(41(8,45-38)32-15-10-31(11-16-32)26-40(5,6)7)23-22-35-21-20-34(46-35)19-14-30-12-17-33(18-13-30)44(9)25-24-39(2,3)4/h10-23H,24-26H2,1-9H3/b19-14+,23-22+,38-29-. The Bertz CT molecular complexity index is 1740. The van der Waals surface area contributed by atoms with E-state index in [0.29, 0.717) is 22.3 Å². The van der Waals surface area contributed by atoms with Crippen LogP contribution in [0.1, 0.15) is 88.3 Å². The molecule has 0 aliphatic carbocycles. The molecule has 4 rings (SSSR count). The summed E-state index contributed by atoms with van der Waals surface area (Å²) in [6.45, 7) is 18.2. The van der Waals surface area contributed by atoms with E-state index in [9.17, 15) is 10.5 Å². The molecule has 4 nitrogen and oxygen atoms in total. The normalized spacial score (nSPS) is 18.2. The number of hydrogen-bond acceptors (Lipinski definition) is 5. The summed E-state index contributed by atoms with van der Waals surface area (Å²) in [6, 6.07) is 25.8. The second-order valence-corrected chi connectivity index (χ2v) is 15.9. The van der Waals surface area contributed by atoms with Gasteiger partial charge in [-0.05, 0) is 90.6 Å². The van der Waals surface area contributed by atoms with Crippen molar-refractivity contribution in [2.45, 2.75) is 73.8 Å². The Morgan fingerprint density at radius 1 is 0.848 bits per heavy atom. The third-order valence-electron chi connectivity index (χ3n) is 8.21. The molecule has 1 aromatic heterocycles. The van der Waals surface area contributed by atoms with E-state index in [4.69, 9.17) is 4.74 Å². The van der Waals surface area contributed by atoms with Gasteiger partial charge < -0.3 is 9.64 Å². The minimum Gasteiger partial charge on any atom is -0.476 e. The van der Waals surface area contributed by atoms with Crippen molar-refractivity contribution in [3.8, 4) is 12.1 Å². The second-order valence-electron chi connectivity index (χ2n) is 14.8. The maximum Gasteiger partial charge on any atom is 0.158 e. The van der Waals surface area contributed by atoms with E-state index in [1.165, 1.54) is 11.3 Å². The van der Waals surface area contributed by atoms with Gasteiger partial charge in [-0.1, -0.05) is 90.1 Å². The van der Waals surface area contributed by atoms with E-state index in [0.717, 1.165) is 45.8 Å². The molecule has 0 N–H and O–H groups in total. The number of allylic oxidation sites excluding steroid dienone is 2. The van der Waals surface area contributed by atoms with E-state index >= 15 is 0 Å². The lowest BCUT2D eigenvalue weighted by Gasteiger charge is -2.28. The fraction of sp³-hybridized carbons (Fsp3) is 0.366. The summed E-state index contributed by atoms with van der Waals surface area (Å²) >= 11 is 1.68. The van der Waals surface area contributed by atoms with Gasteiger partial charge in [-0.15, -0.1) is 11.3 Å². The van der Waals surface area contributed by atoms with E-state index in [-0.39, 0.29) is 5.41 Å². The van der Waals surface area contributed by atoms with Crippen molar-refractivity contribution in [3.63, 3.8) is 0 Å². The SMILES string of the molecule is C/C(C#N)=C1/OC(C)(c2ccc(CC(C)(C)C)cc2)C(/C=C/c2ccc(/C=C/c3ccc(N(C)CCC(C)(C)C)cc3)s2)=C1C#N. The third-order valence-corrected chi connectivity index (χ3v) is 9.22. The molecule has 0 saturated carbocycles. The van der Waals surface area contributed by atoms with E-state index < -0.39 is 5.60 Å². The topological polar surface area (TPSA) is 60.0 Å². The van der Waals surface area contributed by atoms with Crippen LogP contribution >= 0.6 is 11.3 Å². The molecule has 2 heterocycles. The Morgan fingerprint density at radius 2 is 1.46 bits per heavy atom. The van der Waals surface area contributed by atoms with Crippen LogP contribution in [0.2, 0.25) is 0 Å². The Balaban J connectivity index is 1.55. The Kier molecular flexibility index (Phi) is 10.5. The largest absolute Gasteiger partial charge is 0.476 e. The second kappa shape index (κ2) is 14.0. The first-order chi connectivity index (χ1) is 21.6. The van der Waals surface area contributed by atoms with Crippen LogP contribution < -0.4 is 4.90 Å². The maximum absolute atomic E-state index is 10.2. The van der Waals surface area contributed by atoms with E-state index in [1.807, 2.05) is 19.1 Å². The fourth-order valence-corrected chi connectivity index (χ4v) is 6.29. The van der Waals surface area contributed by atoms with Gasteiger partial charge in [0.15, 0.2) is 11.4 Å². The van der Waals surface area contributed by atoms with Crippen molar-refractivity contribution in [2.24, 2.45) is 10.8 Å². The molecule has 0 amide bonds. The van der Waals surface area contributed by atoms with Crippen molar-refractivity contribution in [2.75, 3.05) is 18.5 Å². The molecule has 0 bridgehead atoms. The van der Waals surface area contributed by atoms with Crippen molar-refractivity contribution in [1.82, 2.24) is 0 Å². The van der Waals surface area contributed by atoms with Gasteiger partial charge in [0, 0.05) is 34.6 Å². The summed E-state index contributed by atoms with van der Waals surface area (Å²) in [5.74, 6) is 0.354. The lowest BCUT2D eigenvalue weighted by molar-refractivity contribution is 0.0750. The number of ether oxygens (including phenoxy) is 1. The minimum absolute atomic E-state index is 0.180. The number of benzene rings is 2. The summed E-state index contributed by atoms with van der Waals surface area (Å²) in [6.07, 6.45) is 10.4. The highest BCUT2D eigenvalue weighted by Gasteiger charge is 2.43. The van der Waals surface area contributed by atoms with Crippen molar-refractivity contribution in [1.29, 1.82) is 10.5 Å². The average Bonchev–Trinajstić information content (AvgIpc) is 3.58. The third kappa shape index (κ3) is 8.68. The van der Waals surface area contributed by atoms with Crippen LogP contribution in [-0.4, -0.2) is 13.6 Å². The van der Waals surface area contributed by atoms with Gasteiger partial charge >= 0.3 is 0 Å². The molecule has 1 atom stereocenters. The zero-order valence-electron chi connectivity index (χ0n) is 28.9. The first-order valence-corrected chi connectivity index (χ1v) is 16.8. The van der Waals surface area contributed by atoms with Crippen molar-refractivity contribution in [3.05, 3.63) is 116 Å². The minimum atomic E-state index is -0.901. The molecule has 5 heteroatoms. The van der Waals surface area contributed by atoms with E-state index in [1.54, 1.807) is 18.3 Å². The van der Waals surface area contributed by atoms with Gasteiger partial charge in [-0.3, -0.25) is 0 Å². The molecule has 1 aliphatic heterocycles. The average molecular weight is 630 g/mol. The molecule has 46 heavy (non-hydrogen) atoms. The van der Waals surface area contributed by atoms with Crippen LogP contribution in [0, 0.1) is 33.5 Å². The molecule has 238 valence electrons. The van der Waals surface area contributed by atoms with Gasteiger partial charge in [0.2, 0.25) is 0 Å². The molecule has 0 radical (unpaired) electrons. The molecule has 3 aromatic rings. The zero-order chi connectivity index (χ0) is 33.7. The fourth-order valence-electron chi connectivity index (χ4n) is 5.47. The predicted molar refractivity (Wildman–Crippen MR) is 195 cm³/mol. The molecule has 0 saturated heterocycles. The number of nitrogens with zero attached hydrogens (tertiary/aromatic N) is 3. The van der Waals surface area contributed by atoms with Crippen LogP contribution in [0.4, 0.5) is 5.69 Å². The highest BCUT2D eigenvalue weighted by atomic mass is 32.1. The van der Waals surface area contributed by atoms with Crippen molar-refractivity contribution >= 4 is 35.3 Å². The Labute approximate surface area is 280 Å². The highest BCUT2D eigenvalue weighted by Crippen LogP contribution is 2.47. The molecule has 0 spiro atoms. The summed E-state index contributed by atoms with van der Waals surface area (Å²) in [7, 11) is 2.15. The summed E-state index contributed by atoms with van der Waals surface area (Å²) < 4.78 is 6.48. The quantitative estimate of drug-likeness (QED) is 0.221. The number of anilines is 1. The van der Waals surface area contributed by atoms with Gasteiger partial charge in [0.25, 0.3) is 0 Å². The molecule has 1 aliphatic rings. The van der Waals surface area contributed by atoms with E-state index in [2.05, 4.69) is 138 Å². The lowest BCUT2D eigenvalue weighted by Crippen LogP contribution is -2.23. The van der Waals surface area contributed by atoms with Crippen LogP contribution in [0.5, 0.6) is 0 Å². The number of nitriles is 2. The van der Waals surface area contributed by atoms with Crippen LogP contribution in [0.3, 0.4) is 0 Å². The number of rotatable bonds is 9. The van der Waals surface area contributed by atoms with Gasteiger partial charge in [-0.2, -0.15) is 10.5 Å². The first kappa shape index (κ1) is 34.6. The van der Waals surface area contributed by atoms with Gasteiger partial charge in [-0.25, -0.2) is 0 Å². The number of thiophene rings is 1. The Hall–Kier alpha value is -4.32. The summed E-state index contributed by atoms with van der Waals surface area (Å²) in [4.78, 5) is 4.52. The highest BCUT2D eigenvalue weighted by molar-refractivity contribution is 7.13. The van der Waals surface area contributed by atoms with Gasteiger partial charge in [0.1, 0.15) is 11.6 Å². The monoisotopic (exact) mass is 629 g/mol. The molecule has 1 unspecified atom stereocenters. The maximum atomic E-state index is 10.2. The number of hydrogen-bond donors (Lipinski definition) is 0. The lowest BCUT2D eigenvalue weighted by atomic mass is 9.84. The van der Waals surface area contributed by atoms with Crippen LogP contribution in [0.25, 0.3) is 18.2 Å². The zero-order valence-corrected chi connectivity index (χ0v) is 29.7. The summed E-state index contributed by atoms with van der Waals surface area (Å²) in [5, 5.41) is 19.9. The van der Waals surface area contributed by atoms with Crippen molar-refractivity contribution < 1.29 is 4.74 Å². The Morgan fingerprint density at radius 3 is 2.00 bits per heavy atom. The molecular formula is C41H47N3OS. The molecule has 2 aromatic carbocycles. The van der Waals surface area contributed by atoms with Gasteiger partial charge in [0.05, 0.1) is 11.6 Å². The smallest absolute Gasteiger partial charge is 0.158 e. The molecule has 0 fully saturated rings. The summed E-state index contributed by atoms with van der Waals surface area (Å²) in [5.41, 5.74) is 5.72. The first-order valence-electron chi connectivity index (χ1n) is 15.9. The van der Waals surface area contributed by atoms with Crippen LogP contribution in [-0.2, 0) is 16.8 Å². The van der Waals surface area contributed by atoms with Crippen LogP contribution in [0.15, 0.2) is 89.2 Å². The molecular weight excluding hydrogens is 583 g/mol. The predicted octanol–water partition coefficient (Wildman–Crippen LogP) is 11.0.